The van der Waals surface area contributed by atoms with E-state index < -0.39 is 0 Å². The third-order valence-corrected chi connectivity index (χ3v) is 5.20. The molecule has 0 radical (unpaired) electrons. The quantitative estimate of drug-likeness (QED) is 0.731. The van der Waals surface area contributed by atoms with Gasteiger partial charge in [-0.3, -0.25) is 4.79 Å². The molecule has 1 aromatic carbocycles. The zero-order chi connectivity index (χ0) is 15.5. The summed E-state index contributed by atoms with van der Waals surface area (Å²) in [4.78, 5) is 19.9. The van der Waals surface area contributed by atoms with Gasteiger partial charge in [-0.25, -0.2) is 4.98 Å². The number of amides is 1. The normalized spacial score (nSPS) is 17.4. The third kappa shape index (κ3) is 3.62. The van der Waals surface area contributed by atoms with E-state index in [2.05, 4.69) is 22.2 Å². The van der Waals surface area contributed by atoms with Gasteiger partial charge < -0.3 is 16.0 Å². The number of nitrogens with one attached hydrogen (secondary N) is 2. The molecule has 2 unspecified atom stereocenters. The van der Waals surface area contributed by atoms with Gasteiger partial charge in [-0.05, 0) is 37.8 Å². The number of nitrogens with zero attached hydrogens (tertiary/aromatic N) is 1. The second kappa shape index (κ2) is 6.71. The van der Waals surface area contributed by atoms with Crippen molar-refractivity contribution in [3.05, 3.63) is 30.1 Å². The molecule has 6 heteroatoms. The Kier molecular flexibility index (Phi) is 4.69. The van der Waals surface area contributed by atoms with Gasteiger partial charge >= 0.3 is 0 Å². The molecular weight excluding hydrogens is 296 g/mol. The minimum atomic E-state index is 0.0651. The number of hydrogen-bond acceptors (Lipinski definition) is 4. The highest BCUT2D eigenvalue weighted by Crippen LogP contribution is 2.32. The Balaban J connectivity index is 1.52. The number of hydrogen-bond donors (Lipinski definition) is 3. The number of fused-ring (bicyclic) bond motifs is 1. The first kappa shape index (κ1) is 15.4. The van der Waals surface area contributed by atoms with Crippen LogP contribution in [0.25, 0.3) is 11.0 Å². The first-order valence-corrected chi connectivity index (χ1v) is 8.78. The zero-order valence-corrected chi connectivity index (χ0v) is 13.5. The highest BCUT2D eigenvalue weighted by atomic mass is 32.2. The van der Waals surface area contributed by atoms with Crippen molar-refractivity contribution in [2.45, 2.75) is 31.1 Å². The van der Waals surface area contributed by atoms with Crippen molar-refractivity contribution < 1.29 is 4.79 Å². The van der Waals surface area contributed by atoms with Gasteiger partial charge in [-0.2, -0.15) is 0 Å². The Morgan fingerprint density at radius 1 is 1.50 bits per heavy atom. The van der Waals surface area contributed by atoms with Gasteiger partial charge in [0.15, 0.2) is 0 Å². The fourth-order valence-corrected chi connectivity index (χ4v) is 3.32. The van der Waals surface area contributed by atoms with Gasteiger partial charge in [0, 0.05) is 12.6 Å². The maximum Gasteiger partial charge on any atom is 0.230 e. The summed E-state index contributed by atoms with van der Waals surface area (Å²) in [5.74, 6) is 2.00. The Morgan fingerprint density at radius 2 is 2.27 bits per heavy atom. The summed E-state index contributed by atoms with van der Waals surface area (Å²) in [6.45, 7) is 2.59. The first-order valence-electron chi connectivity index (χ1n) is 7.73. The smallest absolute Gasteiger partial charge is 0.230 e. The lowest BCUT2D eigenvalue weighted by Gasteiger charge is -2.16. The molecule has 1 heterocycles. The van der Waals surface area contributed by atoms with Crippen LogP contribution in [0.3, 0.4) is 0 Å². The highest BCUT2D eigenvalue weighted by Gasteiger charge is 2.31. The SMILES string of the molecule is CC(SCC(=O)NC(CN)C1CC1)c1nc2ccccc2[nH]1. The van der Waals surface area contributed by atoms with Gasteiger partial charge in [0.1, 0.15) is 5.82 Å². The molecule has 1 amide bonds. The number of aromatic nitrogens is 2. The highest BCUT2D eigenvalue weighted by molar-refractivity contribution is 8.00. The lowest BCUT2D eigenvalue weighted by atomic mass is 10.2. The molecule has 4 N–H and O–H groups in total. The maximum absolute atomic E-state index is 12.0. The van der Waals surface area contributed by atoms with Crippen LogP contribution >= 0.6 is 11.8 Å². The molecule has 22 heavy (non-hydrogen) atoms. The number of para-hydroxylation sites is 2. The minimum absolute atomic E-state index is 0.0651. The standard InChI is InChI=1S/C16H22N4OS/c1-10(16-19-12-4-2-3-5-13(12)20-16)22-9-15(21)18-14(8-17)11-6-7-11/h2-5,10-11,14H,6-9,17H2,1H3,(H,18,21)(H,19,20). The largest absolute Gasteiger partial charge is 0.351 e. The topological polar surface area (TPSA) is 83.8 Å². The van der Waals surface area contributed by atoms with Crippen LogP contribution < -0.4 is 11.1 Å². The van der Waals surface area contributed by atoms with Crippen LogP contribution in [0.4, 0.5) is 0 Å². The van der Waals surface area contributed by atoms with Crippen molar-refractivity contribution in [3.63, 3.8) is 0 Å². The molecule has 118 valence electrons. The van der Waals surface area contributed by atoms with Crippen LogP contribution in [0, 0.1) is 5.92 Å². The maximum atomic E-state index is 12.0. The van der Waals surface area contributed by atoms with E-state index in [1.165, 1.54) is 12.8 Å². The molecule has 0 spiro atoms. The number of nitrogens with two attached hydrogens (primary N) is 1. The lowest BCUT2D eigenvalue weighted by molar-refractivity contribution is -0.119. The van der Waals surface area contributed by atoms with Crippen molar-refractivity contribution in [2.75, 3.05) is 12.3 Å². The van der Waals surface area contributed by atoms with E-state index in [0.29, 0.717) is 18.2 Å². The molecule has 2 atom stereocenters. The molecule has 1 aromatic heterocycles. The van der Waals surface area contributed by atoms with Crippen LogP contribution in [-0.2, 0) is 4.79 Å². The van der Waals surface area contributed by atoms with Gasteiger partial charge in [0.2, 0.25) is 5.91 Å². The average Bonchev–Trinajstić information content (AvgIpc) is 3.28. The molecule has 1 fully saturated rings. The fourth-order valence-electron chi connectivity index (χ4n) is 2.56. The number of carbonyl (C=O) groups excluding carboxylic acids is 1. The summed E-state index contributed by atoms with van der Waals surface area (Å²) in [5, 5.41) is 3.20. The van der Waals surface area contributed by atoms with Crippen LogP contribution in [0.5, 0.6) is 0 Å². The van der Waals surface area contributed by atoms with Crippen molar-refractivity contribution in [2.24, 2.45) is 11.7 Å². The predicted molar refractivity (Wildman–Crippen MR) is 90.7 cm³/mol. The number of H-pyrrole nitrogens is 1. The summed E-state index contributed by atoms with van der Waals surface area (Å²) >= 11 is 1.59. The van der Waals surface area contributed by atoms with Crippen LogP contribution in [-0.4, -0.2) is 34.2 Å². The molecule has 5 nitrogen and oxygen atoms in total. The van der Waals surface area contributed by atoms with Crippen molar-refractivity contribution in [1.29, 1.82) is 0 Å². The predicted octanol–water partition coefficient (Wildman–Crippen LogP) is 2.21. The Hall–Kier alpha value is -1.53. The van der Waals surface area contributed by atoms with Gasteiger partial charge in [0.25, 0.3) is 0 Å². The fraction of sp³-hybridized carbons (Fsp3) is 0.500. The molecular formula is C16H22N4OS. The number of imidazole rings is 1. The van der Waals surface area contributed by atoms with E-state index in [1.54, 1.807) is 11.8 Å². The summed E-state index contributed by atoms with van der Waals surface area (Å²) in [6.07, 6.45) is 2.37. The van der Waals surface area contributed by atoms with Crippen LogP contribution in [0.2, 0.25) is 0 Å². The molecule has 0 aliphatic heterocycles. The second-order valence-corrected chi connectivity index (χ2v) is 7.17. The van der Waals surface area contributed by atoms with Crippen molar-refractivity contribution in [1.82, 2.24) is 15.3 Å². The summed E-state index contributed by atoms with van der Waals surface area (Å²) in [7, 11) is 0. The van der Waals surface area contributed by atoms with Gasteiger partial charge in [-0.15, -0.1) is 11.8 Å². The Morgan fingerprint density at radius 3 is 2.95 bits per heavy atom. The van der Waals surface area contributed by atoms with Crippen LogP contribution in [0.15, 0.2) is 24.3 Å². The number of rotatable bonds is 7. The monoisotopic (exact) mass is 318 g/mol. The molecule has 1 aliphatic carbocycles. The number of benzene rings is 1. The average molecular weight is 318 g/mol. The first-order chi connectivity index (χ1) is 10.7. The summed E-state index contributed by atoms with van der Waals surface area (Å²) < 4.78 is 0. The summed E-state index contributed by atoms with van der Waals surface area (Å²) in [6, 6.07) is 8.11. The Labute approximate surface area is 134 Å². The molecule has 3 rings (SSSR count). The molecule has 0 saturated heterocycles. The van der Waals surface area contributed by atoms with Gasteiger partial charge in [-0.1, -0.05) is 12.1 Å². The van der Waals surface area contributed by atoms with E-state index in [0.717, 1.165) is 16.9 Å². The zero-order valence-electron chi connectivity index (χ0n) is 12.7. The molecule has 1 saturated carbocycles. The minimum Gasteiger partial charge on any atom is -0.351 e. The molecule has 0 bridgehead atoms. The van der Waals surface area contributed by atoms with E-state index in [4.69, 9.17) is 5.73 Å². The van der Waals surface area contributed by atoms with Crippen LogP contribution in [0.1, 0.15) is 30.8 Å². The van der Waals surface area contributed by atoms with Gasteiger partial charge in [0.05, 0.1) is 22.0 Å². The summed E-state index contributed by atoms with van der Waals surface area (Å²) in [5.41, 5.74) is 7.71. The van der Waals surface area contributed by atoms with E-state index in [9.17, 15) is 4.79 Å². The number of thioether (sulfide) groups is 1. The Bertz CT molecular complexity index is 619. The second-order valence-electron chi connectivity index (χ2n) is 5.84. The third-order valence-electron chi connectivity index (χ3n) is 4.05. The lowest BCUT2D eigenvalue weighted by Crippen LogP contribution is -2.42. The molecule has 1 aliphatic rings. The van der Waals surface area contributed by atoms with Crippen molar-refractivity contribution >= 4 is 28.7 Å². The number of aromatic amines is 1. The number of carbonyl (C=O) groups is 1. The molecule has 2 aromatic rings. The van der Waals surface area contributed by atoms with E-state index in [1.807, 2.05) is 24.3 Å². The van der Waals surface area contributed by atoms with E-state index in [-0.39, 0.29) is 17.2 Å². The van der Waals surface area contributed by atoms with E-state index >= 15 is 0 Å². The van der Waals surface area contributed by atoms with Crippen molar-refractivity contribution in [3.8, 4) is 0 Å².